The molecule has 1 N–H and O–H groups in total. The van der Waals surface area contributed by atoms with Gasteiger partial charge in [-0.2, -0.15) is 0 Å². The number of hydrogen-bond acceptors (Lipinski definition) is 2. The zero-order valence-corrected chi connectivity index (χ0v) is 10.6. The van der Waals surface area contributed by atoms with E-state index in [4.69, 9.17) is 0 Å². The maximum Gasteiger partial charge on any atom is 0.126 e. The van der Waals surface area contributed by atoms with Crippen LogP contribution in [0.25, 0.3) is 0 Å². The van der Waals surface area contributed by atoms with Crippen molar-refractivity contribution in [1.82, 2.24) is 4.90 Å². The van der Waals surface area contributed by atoms with Crippen LogP contribution in [-0.2, 0) is 6.54 Å². The second-order valence-electron chi connectivity index (χ2n) is 5.13. The summed E-state index contributed by atoms with van der Waals surface area (Å²) in [4.78, 5) is 2.20. The molecule has 1 aromatic rings. The molecule has 100 valence electrons. The van der Waals surface area contributed by atoms with E-state index in [9.17, 15) is 13.9 Å². The number of aliphatic hydroxyl groups is 1. The summed E-state index contributed by atoms with van der Waals surface area (Å²) in [6.07, 6.45) is 2.51. The average molecular weight is 255 g/mol. The molecule has 1 saturated heterocycles. The van der Waals surface area contributed by atoms with Gasteiger partial charge in [-0.15, -0.1) is 0 Å². The van der Waals surface area contributed by atoms with Crippen molar-refractivity contribution in [1.29, 1.82) is 0 Å². The first-order chi connectivity index (χ1) is 8.54. The lowest BCUT2D eigenvalue weighted by Gasteiger charge is -2.25. The molecule has 0 aromatic heterocycles. The standard InChI is InChI=1S/C14H19F2NO/c1-10(18)5-14-3-2-4-17(14)9-11-6-12(15)8-13(16)7-11/h6-8,10,14,18H,2-5,9H2,1H3. The molecule has 0 spiro atoms. The Morgan fingerprint density at radius 3 is 2.61 bits per heavy atom. The first kappa shape index (κ1) is 13.4. The van der Waals surface area contributed by atoms with Crippen molar-refractivity contribution in [3.05, 3.63) is 35.4 Å². The van der Waals surface area contributed by atoms with Crippen molar-refractivity contribution in [2.75, 3.05) is 6.54 Å². The second-order valence-corrected chi connectivity index (χ2v) is 5.13. The fourth-order valence-electron chi connectivity index (χ4n) is 2.70. The van der Waals surface area contributed by atoms with E-state index in [1.807, 2.05) is 0 Å². The third-order valence-electron chi connectivity index (χ3n) is 3.42. The van der Waals surface area contributed by atoms with Crippen LogP contribution in [0, 0.1) is 11.6 Å². The molecule has 4 heteroatoms. The van der Waals surface area contributed by atoms with E-state index < -0.39 is 11.6 Å². The van der Waals surface area contributed by atoms with E-state index in [2.05, 4.69) is 4.90 Å². The Balaban J connectivity index is 2.03. The molecule has 2 atom stereocenters. The first-order valence-corrected chi connectivity index (χ1v) is 6.41. The minimum atomic E-state index is -0.531. The summed E-state index contributed by atoms with van der Waals surface area (Å²) in [5.74, 6) is -1.06. The molecule has 1 aliphatic rings. The van der Waals surface area contributed by atoms with E-state index in [0.717, 1.165) is 31.9 Å². The maximum absolute atomic E-state index is 13.1. The monoisotopic (exact) mass is 255 g/mol. The van der Waals surface area contributed by atoms with Crippen LogP contribution >= 0.6 is 0 Å². The number of benzene rings is 1. The third-order valence-corrected chi connectivity index (χ3v) is 3.42. The van der Waals surface area contributed by atoms with Gasteiger partial charge in [0.1, 0.15) is 11.6 Å². The molecule has 1 aliphatic heterocycles. The molecule has 1 fully saturated rings. The second kappa shape index (κ2) is 5.76. The lowest BCUT2D eigenvalue weighted by molar-refractivity contribution is 0.130. The van der Waals surface area contributed by atoms with Crippen molar-refractivity contribution in [3.63, 3.8) is 0 Å². The van der Waals surface area contributed by atoms with Gasteiger partial charge < -0.3 is 5.11 Å². The molecule has 2 unspecified atom stereocenters. The van der Waals surface area contributed by atoms with Gasteiger partial charge in [0.05, 0.1) is 6.10 Å². The van der Waals surface area contributed by atoms with Crippen LogP contribution in [0.5, 0.6) is 0 Å². The van der Waals surface area contributed by atoms with Gasteiger partial charge in [0.2, 0.25) is 0 Å². The van der Waals surface area contributed by atoms with Crippen LogP contribution < -0.4 is 0 Å². The highest BCUT2D eigenvalue weighted by Crippen LogP contribution is 2.24. The third kappa shape index (κ3) is 3.50. The fraction of sp³-hybridized carbons (Fsp3) is 0.571. The predicted octanol–water partition coefficient (Wildman–Crippen LogP) is 2.70. The van der Waals surface area contributed by atoms with Crippen LogP contribution in [0.4, 0.5) is 8.78 Å². The molecular weight excluding hydrogens is 236 g/mol. The van der Waals surface area contributed by atoms with Crippen molar-refractivity contribution in [2.24, 2.45) is 0 Å². The van der Waals surface area contributed by atoms with E-state index in [1.54, 1.807) is 6.92 Å². The normalized spacial score (nSPS) is 22.3. The lowest BCUT2D eigenvalue weighted by Crippen LogP contribution is -2.31. The lowest BCUT2D eigenvalue weighted by atomic mass is 10.1. The zero-order valence-electron chi connectivity index (χ0n) is 10.6. The molecule has 1 aromatic carbocycles. The van der Waals surface area contributed by atoms with E-state index >= 15 is 0 Å². The number of hydrogen-bond donors (Lipinski definition) is 1. The van der Waals surface area contributed by atoms with Crippen LogP contribution in [0.2, 0.25) is 0 Å². The molecule has 0 saturated carbocycles. The van der Waals surface area contributed by atoms with Gasteiger partial charge in [0.15, 0.2) is 0 Å². The summed E-state index contributed by atoms with van der Waals surface area (Å²) < 4.78 is 26.2. The molecule has 0 amide bonds. The Labute approximate surface area is 106 Å². The van der Waals surface area contributed by atoms with Crippen LogP contribution in [0.15, 0.2) is 18.2 Å². The van der Waals surface area contributed by atoms with Gasteiger partial charge in [-0.05, 0) is 50.4 Å². The van der Waals surface area contributed by atoms with Crippen molar-refractivity contribution >= 4 is 0 Å². The molecule has 18 heavy (non-hydrogen) atoms. The van der Waals surface area contributed by atoms with Gasteiger partial charge in [-0.3, -0.25) is 4.90 Å². The molecule has 0 radical (unpaired) electrons. The fourth-order valence-corrected chi connectivity index (χ4v) is 2.70. The summed E-state index contributed by atoms with van der Waals surface area (Å²) in [5.41, 5.74) is 0.657. The van der Waals surface area contributed by atoms with Gasteiger partial charge in [-0.1, -0.05) is 0 Å². The van der Waals surface area contributed by atoms with E-state index in [0.29, 0.717) is 18.2 Å². The molecule has 0 aliphatic carbocycles. The van der Waals surface area contributed by atoms with Gasteiger partial charge in [-0.25, -0.2) is 8.78 Å². The van der Waals surface area contributed by atoms with Gasteiger partial charge in [0, 0.05) is 18.7 Å². The molecular formula is C14H19F2NO. The molecule has 2 rings (SSSR count). The minimum Gasteiger partial charge on any atom is -0.393 e. The summed E-state index contributed by atoms with van der Waals surface area (Å²) in [6.45, 7) is 3.25. The highest BCUT2D eigenvalue weighted by Gasteiger charge is 2.25. The minimum absolute atomic E-state index is 0.316. The van der Waals surface area contributed by atoms with E-state index in [1.165, 1.54) is 12.1 Å². The number of rotatable bonds is 4. The van der Waals surface area contributed by atoms with E-state index in [-0.39, 0.29) is 6.10 Å². The topological polar surface area (TPSA) is 23.5 Å². The van der Waals surface area contributed by atoms with Gasteiger partial charge >= 0.3 is 0 Å². The zero-order chi connectivity index (χ0) is 13.1. The Morgan fingerprint density at radius 2 is 2.00 bits per heavy atom. The van der Waals surface area contributed by atoms with Crippen LogP contribution in [0.1, 0.15) is 31.7 Å². The maximum atomic E-state index is 13.1. The van der Waals surface area contributed by atoms with Crippen molar-refractivity contribution in [2.45, 2.75) is 44.9 Å². The molecule has 0 bridgehead atoms. The summed E-state index contributed by atoms with van der Waals surface area (Å²) in [7, 11) is 0. The molecule has 2 nitrogen and oxygen atoms in total. The SMILES string of the molecule is CC(O)CC1CCCN1Cc1cc(F)cc(F)c1. The number of halogens is 2. The van der Waals surface area contributed by atoms with Crippen molar-refractivity contribution < 1.29 is 13.9 Å². The smallest absolute Gasteiger partial charge is 0.126 e. The number of likely N-dealkylation sites (tertiary alicyclic amines) is 1. The Morgan fingerprint density at radius 1 is 1.33 bits per heavy atom. The number of nitrogens with zero attached hydrogens (tertiary/aromatic N) is 1. The summed E-state index contributed by atoms with van der Waals surface area (Å²) in [5, 5.41) is 9.44. The molecule has 1 heterocycles. The Hall–Kier alpha value is -1.00. The Kier molecular flexibility index (Phi) is 4.30. The Bertz CT molecular complexity index is 389. The highest BCUT2D eigenvalue weighted by molar-refractivity contribution is 5.18. The highest BCUT2D eigenvalue weighted by atomic mass is 19.1. The van der Waals surface area contributed by atoms with Gasteiger partial charge in [0.25, 0.3) is 0 Å². The summed E-state index contributed by atoms with van der Waals surface area (Å²) >= 11 is 0. The van der Waals surface area contributed by atoms with Crippen molar-refractivity contribution in [3.8, 4) is 0 Å². The van der Waals surface area contributed by atoms with Crippen LogP contribution in [0.3, 0.4) is 0 Å². The quantitative estimate of drug-likeness (QED) is 0.894. The number of aliphatic hydroxyl groups excluding tert-OH is 1. The van der Waals surface area contributed by atoms with Crippen LogP contribution in [-0.4, -0.2) is 28.7 Å². The first-order valence-electron chi connectivity index (χ1n) is 6.41. The largest absolute Gasteiger partial charge is 0.393 e. The predicted molar refractivity (Wildman–Crippen MR) is 66.1 cm³/mol. The average Bonchev–Trinajstić information content (AvgIpc) is 2.63. The summed E-state index contributed by atoms with van der Waals surface area (Å²) in [6, 6.07) is 3.96.